The number of aromatic amines is 1. The Kier molecular flexibility index (Phi) is 5.77. The van der Waals surface area contributed by atoms with Crippen LogP contribution in [0.2, 0.25) is 0 Å². The third-order valence-corrected chi connectivity index (χ3v) is 9.48. The third-order valence-electron chi connectivity index (χ3n) is 9.48. The van der Waals surface area contributed by atoms with E-state index in [0.717, 1.165) is 35.9 Å². The fraction of sp³-hybridized carbons (Fsp3) is 0.179. The summed E-state index contributed by atoms with van der Waals surface area (Å²) in [5.74, 6) is 1.14. The van der Waals surface area contributed by atoms with E-state index in [1.165, 1.54) is 44.2 Å². The molecule has 0 bridgehead atoms. The topological polar surface area (TPSA) is 38.0 Å². The first-order valence-electron chi connectivity index (χ1n) is 15.1. The zero-order valence-corrected chi connectivity index (χ0v) is 24.4. The van der Waals surface area contributed by atoms with Crippen LogP contribution in [-0.2, 0) is 0 Å². The molecule has 2 aliphatic carbocycles. The molecule has 6 aromatic rings. The van der Waals surface area contributed by atoms with Crippen LogP contribution in [0.15, 0.2) is 120 Å². The van der Waals surface area contributed by atoms with Crippen LogP contribution in [-0.4, -0.2) is 14.5 Å². The second-order valence-electron chi connectivity index (χ2n) is 12.6. The van der Waals surface area contributed by atoms with Crippen molar-refractivity contribution in [1.29, 1.82) is 0 Å². The van der Waals surface area contributed by atoms with Gasteiger partial charge in [0.2, 0.25) is 5.70 Å². The summed E-state index contributed by atoms with van der Waals surface area (Å²) in [6.45, 7) is 12.8. The molecule has 0 fully saturated rings. The average Bonchev–Trinajstić information content (AvgIpc) is 3.60. The number of nitrogens with zero attached hydrogens (tertiary/aromatic N) is 3. The number of nitrogens with one attached hydrogen (secondary N) is 1. The summed E-state index contributed by atoms with van der Waals surface area (Å²) in [6.07, 6.45) is 7.71. The van der Waals surface area contributed by atoms with Crippen LogP contribution in [0, 0.1) is 17.9 Å². The summed E-state index contributed by atoms with van der Waals surface area (Å²) in [6, 6.07) is 34.3. The number of hydrogen-bond donors (Lipinski definition) is 1. The first kappa shape index (κ1) is 25.6. The number of para-hydroxylation sites is 4. The Hall–Kier alpha value is -5.14. The fourth-order valence-corrected chi connectivity index (χ4v) is 7.44. The van der Waals surface area contributed by atoms with Crippen molar-refractivity contribution in [1.82, 2.24) is 14.5 Å². The molecule has 0 amide bonds. The number of aromatic nitrogens is 3. The summed E-state index contributed by atoms with van der Waals surface area (Å²) in [5.41, 5.74) is 11.2. The summed E-state index contributed by atoms with van der Waals surface area (Å²) in [5, 5.41) is 2.56. The molecule has 0 aliphatic heterocycles. The molecule has 2 aromatic heterocycles. The molecule has 0 saturated carbocycles. The largest absolute Gasteiger partial charge is 0.347 e. The van der Waals surface area contributed by atoms with E-state index in [2.05, 4.69) is 113 Å². The van der Waals surface area contributed by atoms with Gasteiger partial charge in [-0.05, 0) is 89.3 Å². The van der Waals surface area contributed by atoms with Gasteiger partial charge in [-0.1, -0.05) is 86.7 Å². The summed E-state index contributed by atoms with van der Waals surface area (Å²) in [7, 11) is 0. The maximum atomic E-state index is 8.08. The Balaban J connectivity index is 1.19. The highest BCUT2D eigenvalue weighted by Gasteiger charge is 2.38. The van der Waals surface area contributed by atoms with Crippen LogP contribution in [0.5, 0.6) is 0 Å². The van der Waals surface area contributed by atoms with Crippen LogP contribution in [0.4, 0.5) is 0 Å². The van der Waals surface area contributed by atoms with Crippen molar-refractivity contribution < 1.29 is 0 Å². The predicted molar refractivity (Wildman–Crippen MR) is 178 cm³/mol. The molecule has 8 rings (SSSR count). The molecular formula is C39H32N4. The minimum absolute atomic E-state index is 0.0593. The van der Waals surface area contributed by atoms with Gasteiger partial charge in [-0.15, -0.1) is 0 Å². The standard InChI is InChI=1S/C39H32N4/c1-39(2)24-28(37(40-3)38-41-33-12-6-7-13-34(33)42-38)23-27-22-26(18-21-32(27)39)25-16-19-29(20-17-25)43-35-14-8-4-10-30(35)31-11-5-9-15-36(31)43/h4-17,19-20,22-23,32H,18,21,24H2,1-2H3,(H,41,42)/b37-28+. The monoisotopic (exact) mass is 556 g/mol. The van der Waals surface area contributed by atoms with Gasteiger partial charge >= 0.3 is 0 Å². The lowest BCUT2D eigenvalue weighted by atomic mass is 9.62. The van der Waals surface area contributed by atoms with E-state index in [9.17, 15) is 0 Å². The highest BCUT2D eigenvalue weighted by Crippen LogP contribution is 2.51. The maximum Gasteiger partial charge on any atom is 0.231 e. The first-order valence-corrected chi connectivity index (χ1v) is 15.1. The van der Waals surface area contributed by atoms with Gasteiger partial charge in [-0.2, -0.15) is 0 Å². The van der Waals surface area contributed by atoms with Crippen LogP contribution in [0.3, 0.4) is 0 Å². The molecule has 1 unspecified atom stereocenters. The van der Waals surface area contributed by atoms with Gasteiger partial charge in [0.25, 0.3) is 0 Å². The molecule has 0 saturated heterocycles. The molecule has 4 nitrogen and oxygen atoms in total. The molecule has 208 valence electrons. The van der Waals surface area contributed by atoms with Crippen molar-refractivity contribution >= 4 is 44.1 Å². The number of allylic oxidation sites excluding steroid dienone is 5. The van der Waals surface area contributed by atoms with Crippen molar-refractivity contribution in [3.63, 3.8) is 0 Å². The number of imidazole rings is 1. The van der Waals surface area contributed by atoms with Gasteiger partial charge in [0.15, 0.2) is 0 Å². The molecule has 4 heteroatoms. The van der Waals surface area contributed by atoms with E-state index in [0.29, 0.717) is 17.4 Å². The minimum Gasteiger partial charge on any atom is -0.347 e. The lowest BCUT2D eigenvalue weighted by Crippen LogP contribution is -2.31. The first-order chi connectivity index (χ1) is 21.0. The van der Waals surface area contributed by atoms with Crippen LogP contribution >= 0.6 is 0 Å². The highest BCUT2D eigenvalue weighted by molar-refractivity contribution is 6.09. The number of fused-ring (bicyclic) bond motifs is 5. The molecule has 1 atom stereocenters. The van der Waals surface area contributed by atoms with Gasteiger partial charge in [0, 0.05) is 16.5 Å². The zero-order chi connectivity index (χ0) is 29.1. The van der Waals surface area contributed by atoms with Gasteiger partial charge in [0.1, 0.15) is 5.82 Å². The Morgan fingerprint density at radius 2 is 1.53 bits per heavy atom. The van der Waals surface area contributed by atoms with Crippen LogP contribution < -0.4 is 0 Å². The van der Waals surface area contributed by atoms with Gasteiger partial charge < -0.3 is 9.55 Å². The smallest absolute Gasteiger partial charge is 0.231 e. The van der Waals surface area contributed by atoms with E-state index in [1.807, 2.05) is 24.3 Å². The zero-order valence-electron chi connectivity index (χ0n) is 24.4. The number of rotatable bonds is 3. The van der Waals surface area contributed by atoms with E-state index >= 15 is 0 Å². The van der Waals surface area contributed by atoms with E-state index in [-0.39, 0.29) is 5.41 Å². The second-order valence-corrected chi connectivity index (χ2v) is 12.6. The van der Waals surface area contributed by atoms with Crippen molar-refractivity contribution in [3.05, 3.63) is 143 Å². The Morgan fingerprint density at radius 1 is 0.860 bits per heavy atom. The summed E-state index contributed by atoms with van der Waals surface area (Å²) in [4.78, 5) is 12.2. The number of benzene rings is 4. The van der Waals surface area contributed by atoms with Crippen molar-refractivity contribution in [2.24, 2.45) is 11.3 Å². The SMILES string of the molecule is [C-]#[N+]/C(=C1\C=C2C=C(c3ccc(-n4c5ccccc5c5ccccc54)cc3)CCC2C(C)(C)C1)c1nc2ccccc2[nH]1. The lowest BCUT2D eigenvalue weighted by molar-refractivity contribution is 0.228. The third kappa shape index (κ3) is 4.15. The molecule has 43 heavy (non-hydrogen) atoms. The minimum atomic E-state index is 0.0593. The normalized spacial score (nSPS) is 19.1. The Morgan fingerprint density at radius 3 is 2.23 bits per heavy atom. The van der Waals surface area contributed by atoms with E-state index in [1.54, 1.807) is 0 Å². The maximum absolute atomic E-state index is 8.08. The molecular weight excluding hydrogens is 524 g/mol. The molecule has 2 heterocycles. The summed E-state index contributed by atoms with van der Waals surface area (Å²) >= 11 is 0. The van der Waals surface area contributed by atoms with Crippen LogP contribution in [0.1, 0.15) is 44.5 Å². The van der Waals surface area contributed by atoms with Crippen molar-refractivity contribution in [3.8, 4) is 5.69 Å². The Labute approximate surface area is 251 Å². The molecule has 4 aromatic carbocycles. The second kappa shape index (κ2) is 9.71. The van der Waals surface area contributed by atoms with Gasteiger partial charge in [-0.3, -0.25) is 0 Å². The number of hydrogen-bond acceptors (Lipinski definition) is 1. The number of H-pyrrole nitrogens is 1. The van der Waals surface area contributed by atoms with Gasteiger partial charge in [-0.25, -0.2) is 9.83 Å². The van der Waals surface area contributed by atoms with E-state index < -0.39 is 0 Å². The van der Waals surface area contributed by atoms with Crippen LogP contribution in [0.25, 0.3) is 54.6 Å². The molecule has 0 spiro atoms. The summed E-state index contributed by atoms with van der Waals surface area (Å²) < 4.78 is 2.37. The van der Waals surface area contributed by atoms with Gasteiger partial charge in [0.05, 0.1) is 28.6 Å². The quantitative estimate of drug-likeness (QED) is 0.216. The molecule has 2 aliphatic rings. The predicted octanol–water partition coefficient (Wildman–Crippen LogP) is 10.1. The van der Waals surface area contributed by atoms with Crippen molar-refractivity contribution in [2.75, 3.05) is 0 Å². The van der Waals surface area contributed by atoms with E-state index in [4.69, 9.17) is 11.6 Å². The average molecular weight is 557 g/mol. The Bertz CT molecular complexity index is 2110. The molecule has 1 N–H and O–H groups in total. The fourth-order valence-electron chi connectivity index (χ4n) is 7.44. The van der Waals surface area contributed by atoms with Crippen molar-refractivity contribution in [2.45, 2.75) is 33.1 Å². The lowest BCUT2D eigenvalue weighted by Gasteiger charge is -2.42. The molecule has 0 radical (unpaired) electrons. The highest BCUT2D eigenvalue weighted by atomic mass is 15.0.